The van der Waals surface area contributed by atoms with E-state index in [-0.39, 0.29) is 11.2 Å². The van der Waals surface area contributed by atoms with Crippen LogP contribution in [0.25, 0.3) is 27.6 Å². The maximum atomic E-state index is 13.5. The fourth-order valence-electron chi connectivity index (χ4n) is 3.61. The van der Waals surface area contributed by atoms with E-state index >= 15 is 0 Å². The van der Waals surface area contributed by atoms with E-state index in [4.69, 9.17) is 9.47 Å². The first-order valence-electron chi connectivity index (χ1n) is 11.3. The molecule has 2 heterocycles. The summed E-state index contributed by atoms with van der Waals surface area (Å²) in [7, 11) is 1.63. The van der Waals surface area contributed by atoms with Gasteiger partial charge in [0.2, 0.25) is 5.13 Å². The van der Waals surface area contributed by atoms with Crippen molar-refractivity contribution in [2.45, 2.75) is 6.92 Å². The second-order valence-corrected chi connectivity index (χ2v) is 8.55. The maximum absolute atomic E-state index is 13.5. The van der Waals surface area contributed by atoms with Crippen molar-refractivity contribution in [1.29, 1.82) is 0 Å². The average molecular weight is 498 g/mol. The number of nitrogens with one attached hydrogen (secondary N) is 1. The Morgan fingerprint density at radius 1 is 0.917 bits per heavy atom. The fourth-order valence-corrected chi connectivity index (χ4v) is 4.40. The van der Waals surface area contributed by atoms with Crippen molar-refractivity contribution < 1.29 is 9.47 Å². The van der Waals surface area contributed by atoms with Crippen LogP contribution < -0.4 is 15.0 Å². The minimum atomic E-state index is -0.334. The smallest absolute Gasteiger partial charge is 0.301 e. The molecule has 9 heteroatoms. The van der Waals surface area contributed by atoms with E-state index in [1.54, 1.807) is 19.2 Å². The van der Waals surface area contributed by atoms with E-state index in [1.807, 2.05) is 79.0 Å². The topological polar surface area (TPSA) is 93.9 Å². The third-order valence-electron chi connectivity index (χ3n) is 5.41. The van der Waals surface area contributed by atoms with Crippen LogP contribution in [0.3, 0.4) is 0 Å². The molecule has 0 radical (unpaired) electrons. The quantitative estimate of drug-likeness (QED) is 0.239. The minimum Gasteiger partial charge on any atom is -0.497 e. The molecule has 0 bridgehead atoms. The minimum absolute atomic E-state index is 0.205. The van der Waals surface area contributed by atoms with Crippen LogP contribution >= 0.6 is 11.3 Å². The number of thiazole rings is 1. The Balaban J connectivity index is 1.52. The summed E-state index contributed by atoms with van der Waals surface area (Å²) < 4.78 is 12.1. The van der Waals surface area contributed by atoms with Gasteiger partial charge in [0.1, 0.15) is 11.5 Å². The molecule has 0 fully saturated rings. The summed E-state index contributed by atoms with van der Waals surface area (Å²) >= 11 is 1.36. The summed E-state index contributed by atoms with van der Waals surface area (Å²) in [6, 6.07) is 24.4. The Labute approximate surface area is 211 Å². The Morgan fingerprint density at radius 2 is 1.64 bits per heavy atom. The van der Waals surface area contributed by atoms with Crippen molar-refractivity contribution in [1.82, 2.24) is 14.8 Å². The second kappa shape index (κ2) is 10.4. The van der Waals surface area contributed by atoms with Gasteiger partial charge in [0, 0.05) is 16.5 Å². The van der Waals surface area contributed by atoms with Gasteiger partial charge in [0.15, 0.2) is 5.69 Å². The van der Waals surface area contributed by atoms with E-state index in [0.717, 1.165) is 28.3 Å². The van der Waals surface area contributed by atoms with Gasteiger partial charge in [-0.15, -0.1) is 16.5 Å². The van der Waals surface area contributed by atoms with Crippen LogP contribution in [-0.4, -0.2) is 28.5 Å². The van der Waals surface area contributed by atoms with Gasteiger partial charge in [-0.3, -0.25) is 9.89 Å². The molecule has 1 N–H and O–H groups in total. The van der Waals surface area contributed by atoms with Crippen LogP contribution in [0.15, 0.2) is 99.3 Å². The Morgan fingerprint density at radius 3 is 2.33 bits per heavy atom. The summed E-state index contributed by atoms with van der Waals surface area (Å²) in [4.78, 5) is 18.1. The highest BCUT2D eigenvalue weighted by Crippen LogP contribution is 2.30. The summed E-state index contributed by atoms with van der Waals surface area (Å²) in [6.07, 6.45) is 0. The number of methoxy groups -OCH3 is 1. The van der Waals surface area contributed by atoms with Crippen LogP contribution in [-0.2, 0) is 0 Å². The van der Waals surface area contributed by atoms with Gasteiger partial charge in [-0.1, -0.05) is 30.3 Å². The highest BCUT2D eigenvalue weighted by atomic mass is 32.1. The van der Waals surface area contributed by atoms with Crippen LogP contribution in [0.1, 0.15) is 6.92 Å². The van der Waals surface area contributed by atoms with Crippen molar-refractivity contribution in [2.75, 3.05) is 13.7 Å². The second-order valence-electron chi connectivity index (χ2n) is 7.71. The molecule has 0 spiro atoms. The molecule has 36 heavy (non-hydrogen) atoms. The van der Waals surface area contributed by atoms with Gasteiger partial charge >= 0.3 is 5.56 Å². The normalized spacial score (nSPS) is 11.2. The largest absolute Gasteiger partial charge is 0.497 e. The summed E-state index contributed by atoms with van der Waals surface area (Å²) in [5.41, 5.74) is 3.56. The molecule has 0 aliphatic heterocycles. The molecule has 0 saturated heterocycles. The van der Waals surface area contributed by atoms with Crippen molar-refractivity contribution in [2.24, 2.45) is 10.2 Å². The molecule has 0 aliphatic rings. The zero-order valence-corrected chi connectivity index (χ0v) is 20.5. The SMILES string of the molecule is CCOc1ccc(N=Nc2c(-c3ccccc3)[nH]n(-c3nc(-c4ccc(OC)cc4)cs3)c2=O)cc1. The van der Waals surface area contributed by atoms with Gasteiger partial charge in [-0.25, -0.2) is 4.98 Å². The maximum Gasteiger partial charge on any atom is 0.301 e. The number of rotatable bonds is 8. The predicted octanol–water partition coefficient (Wildman–Crippen LogP) is 6.78. The van der Waals surface area contributed by atoms with E-state index in [2.05, 4.69) is 20.3 Å². The lowest BCUT2D eigenvalue weighted by atomic mass is 10.1. The van der Waals surface area contributed by atoms with Crippen molar-refractivity contribution in [3.63, 3.8) is 0 Å². The number of ether oxygens (including phenoxy) is 2. The van der Waals surface area contributed by atoms with Gasteiger partial charge < -0.3 is 9.47 Å². The van der Waals surface area contributed by atoms with Crippen LogP contribution in [0, 0.1) is 0 Å². The van der Waals surface area contributed by atoms with E-state index < -0.39 is 0 Å². The highest BCUT2D eigenvalue weighted by Gasteiger charge is 2.19. The van der Waals surface area contributed by atoms with Crippen molar-refractivity contribution >= 4 is 22.7 Å². The van der Waals surface area contributed by atoms with Crippen molar-refractivity contribution in [3.8, 4) is 39.1 Å². The molecule has 5 rings (SSSR count). The van der Waals surface area contributed by atoms with Crippen molar-refractivity contribution in [3.05, 3.63) is 94.6 Å². The highest BCUT2D eigenvalue weighted by molar-refractivity contribution is 7.12. The van der Waals surface area contributed by atoms with Crippen LogP contribution in [0.2, 0.25) is 0 Å². The number of hydrogen-bond acceptors (Lipinski definition) is 7. The molecule has 5 aromatic rings. The average Bonchev–Trinajstić information content (AvgIpc) is 3.54. The predicted molar refractivity (Wildman–Crippen MR) is 141 cm³/mol. The van der Waals surface area contributed by atoms with Gasteiger partial charge in [-0.05, 0) is 55.5 Å². The molecule has 0 atom stereocenters. The Kier molecular flexibility index (Phi) is 6.72. The molecule has 0 amide bonds. The molecule has 8 nitrogen and oxygen atoms in total. The zero-order valence-electron chi connectivity index (χ0n) is 19.7. The monoisotopic (exact) mass is 497 g/mol. The Hall–Kier alpha value is -4.50. The lowest BCUT2D eigenvalue weighted by Crippen LogP contribution is -2.13. The first-order chi connectivity index (χ1) is 17.7. The first kappa shape index (κ1) is 23.3. The summed E-state index contributed by atoms with van der Waals surface area (Å²) in [6.45, 7) is 2.51. The number of aromatic amines is 1. The van der Waals surface area contributed by atoms with Crippen LogP contribution in [0.4, 0.5) is 11.4 Å². The molecule has 180 valence electrons. The standard InChI is InChI=1S/C27H23N5O3S/c1-3-35-22-15-11-20(12-16-22)29-30-25-24(19-7-5-4-6-8-19)31-32(26(25)33)27-28-23(17-36-27)18-9-13-21(34-2)14-10-18/h4-17,31H,3H2,1-2H3. The fraction of sp³-hybridized carbons (Fsp3) is 0.111. The zero-order chi connectivity index (χ0) is 24.9. The van der Waals surface area contributed by atoms with E-state index in [0.29, 0.717) is 23.1 Å². The third-order valence-corrected chi connectivity index (χ3v) is 6.24. The number of hydrogen-bond donors (Lipinski definition) is 1. The molecule has 2 aromatic heterocycles. The number of benzene rings is 3. The summed E-state index contributed by atoms with van der Waals surface area (Å²) in [5.74, 6) is 1.52. The first-order valence-corrected chi connectivity index (χ1v) is 12.2. The number of aromatic nitrogens is 3. The number of nitrogens with zero attached hydrogens (tertiary/aromatic N) is 4. The number of azo groups is 1. The lowest BCUT2D eigenvalue weighted by molar-refractivity contribution is 0.340. The van der Waals surface area contributed by atoms with Gasteiger partial charge in [0.05, 0.1) is 30.8 Å². The third kappa shape index (κ3) is 4.82. The summed E-state index contributed by atoms with van der Waals surface area (Å²) in [5, 5.41) is 14.3. The molecule has 3 aromatic carbocycles. The molecular formula is C27H23N5O3S. The lowest BCUT2D eigenvalue weighted by Gasteiger charge is -2.01. The number of H-pyrrole nitrogens is 1. The van der Waals surface area contributed by atoms with Crippen LogP contribution in [0.5, 0.6) is 11.5 Å². The Bertz CT molecular complexity index is 1540. The molecule has 0 aliphatic carbocycles. The van der Waals surface area contributed by atoms with E-state index in [1.165, 1.54) is 16.0 Å². The van der Waals surface area contributed by atoms with Gasteiger partial charge in [0.25, 0.3) is 0 Å². The molecule has 0 unspecified atom stereocenters. The molecule has 0 saturated carbocycles. The van der Waals surface area contributed by atoms with Gasteiger partial charge in [-0.2, -0.15) is 9.80 Å². The van der Waals surface area contributed by atoms with E-state index in [9.17, 15) is 4.79 Å². The molecular weight excluding hydrogens is 474 g/mol.